The van der Waals surface area contributed by atoms with E-state index in [1.54, 1.807) is 19.1 Å². The standard InChI is InChI=1S/C24H16F2N2O4S.C5H5BFNO2/c1-13-24(18-9-15(25)4-7-21(18)28(13)11-23(29)30)19-12-33(31,32)22-8-14(2-5-17(19)22)20-6-3-16(26)10-27-20;7-4-1-2-5(6(9)10)8-3-4/h2-10,12H,11H2,1H3,(H,29,30);1-3,9-10H. The highest BCUT2D eigenvalue weighted by Gasteiger charge is 2.31. The zero-order chi connectivity index (χ0) is 31.1. The Balaban J connectivity index is 0.000000314. The van der Waals surface area contributed by atoms with E-state index in [2.05, 4.69) is 9.97 Å². The number of benzene rings is 2. The monoisotopic (exact) mass is 607 g/mol. The molecular formula is C29H21BF3N3O6S. The van der Waals surface area contributed by atoms with Crippen LogP contribution >= 0.6 is 0 Å². The highest BCUT2D eigenvalue weighted by atomic mass is 32.2. The molecule has 6 rings (SSSR count). The van der Waals surface area contributed by atoms with E-state index in [-0.39, 0.29) is 17.0 Å². The van der Waals surface area contributed by atoms with Crippen LogP contribution < -0.4 is 5.59 Å². The van der Waals surface area contributed by atoms with Crippen molar-refractivity contribution in [1.82, 2.24) is 14.5 Å². The van der Waals surface area contributed by atoms with Gasteiger partial charge < -0.3 is 19.7 Å². The largest absolute Gasteiger partial charge is 0.508 e. The number of aliphatic carboxylic acids is 1. The van der Waals surface area contributed by atoms with Gasteiger partial charge in [0.05, 0.1) is 28.6 Å². The molecule has 4 heterocycles. The molecule has 0 amide bonds. The maximum absolute atomic E-state index is 14.1. The number of hydrogen-bond acceptors (Lipinski definition) is 7. The molecule has 0 atom stereocenters. The predicted molar refractivity (Wildman–Crippen MR) is 152 cm³/mol. The minimum Gasteiger partial charge on any atom is -0.480 e. The molecule has 9 nitrogen and oxygen atoms in total. The minimum atomic E-state index is -3.83. The lowest BCUT2D eigenvalue weighted by Gasteiger charge is -2.09. The lowest BCUT2D eigenvalue weighted by atomic mass is 9.86. The summed E-state index contributed by atoms with van der Waals surface area (Å²) in [4.78, 5) is 18.9. The maximum Gasteiger partial charge on any atom is 0.508 e. The van der Waals surface area contributed by atoms with Gasteiger partial charge in [-0.15, -0.1) is 0 Å². The molecule has 3 aromatic heterocycles. The summed E-state index contributed by atoms with van der Waals surface area (Å²) in [6, 6.07) is 13.8. The van der Waals surface area contributed by atoms with Gasteiger partial charge in [-0.05, 0) is 55.5 Å². The van der Waals surface area contributed by atoms with Gasteiger partial charge in [0.2, 0.25) is 9.84 Å². The zero-order valence-corrected chi connectivity index (χ0v) is 23.1. The molecular weight excluding hydrogens is 586 g/mol. The van der Waals surface area contributed by atoms with E-state index in [0.717, 1.165) is 23.9 Å². The van der Waals surface area contributed by atoms with Gasteiger partial charge in [0.25, 0.3) is 0 Å². The van der Waals surface area contributed by atoms with Crippen molar-refractivity contribution >= 4 is 45.0 Å². The lowest BCUT2D eigenvalue weighted by Crippen LogP contribution is -2.32. The summed E-state index contributed by atoms with van der Waals surface area (Å²) < 4.78 is 67.1. The van der Waals surface area contributed by atoms with Crippen LogP contribution in [0.2, 0.25) is 0 Å². The van der Waals surface area contributed by atoms with Crippen LogP contribution in [0.1, 0.15) is 16.8 Å². The average molecular weight is 607 g/mol. The Morgan fingerprint density at radius 1 is 0.907 bits per heavy atom. The number of halogens is 3. The number of fused-ring (bicyclic) bond motifs is 2. The fourth-order valence-corrected chi connectivity index (χ4v) is 6.29. The Morgan fingerprint density at radius 3 is 2.19 bits per heavy atom. The molecule has 1 aliphatic rings. The molecule has 0 spiro atoms. The first-order valence-corrected chi connectivity index (χ1v) is 14.1. The molecule has 3 N–H and O–H groups in total. The third-order valence-electron chi connectivity index (χ3n) is 6.74. The van der Waals surface area contributed by atoms with E-state index in [4.69, 9.17) is 10.0 Å². The summed E-state index contributed by atoms with van der Waals surface area (Å²) in [6.45, 7) is 1.33. The topological polar surface area (TPSA) is 143 Å². The van der Waals surface area contributed by atoms with Crippen molar-refractivity contribution in [3.05, 3.63) is 113 Å². The number of carboxylic acids is 1. The summed E-state index contributed by atoms with van der Waals surface area (Å²) in [6.07, 6.45) is 1.98. The number of pyridine rings is 2. The molecule has 14 heteroatoms. The van der Waals surface area contributed by atoms with Gasteiger partial charge in [0, 0.05) is 44.3 Å². The summed E-state index contributed by atoms with van der Waals surface area (Å²) in [5.74, 6) is -2.59. The van der Waals surface area contributed by atoms with Gasteiger partial charge in [-0.25, -0.2) is 21.6 Å². The average Bonchev–Trinajstić information content (AvgIpc) is 3.37. The number of nitrogens with zero attached hydrogens (tertiary/aromatic N) is 3. The Kier molecular flexibility index (Phi) is 7.93. The van der Waals surface area contributed by atoms with Crippen LogP contribution in [0.4, 0.5) is 13.2 Å². The van der Waals surface area contributed by atoms with Gasteiger partial charge in [-0.3, -0.25) is 14.8 Å². The van der Waals surface area contributed by atoms with Crippen LogP contribution in [-0.2, 0) is 21.2 Å². The lowest BCUT2D eigenvalue weighted by molar-refractivity contribution is -0.137. The molecule has 0 radical (unpaired) electrons. The normalized spacial score (nSPS) is 13.2. The van der Waals surface area contributed by atoms with Crippen LogP contribution in [0.25, 0.3) is 27.7 Å². The molecule has 218 valence electrons. The van der Waals surface area contributed by atoms with Crippen LogP contribution in [0.5, 0.6) is 0 Å². The third-order valence-corrected chi connectivity index (χ3v) is 8.23. The molecule has 2 aromatic carbocycles. The predicted octanol–water partition coefficient (Wildman–Crippen LogP) is 3.45. The van der Waals surface area contributed by atoms with Crippen molar-refractivity contribution in [2.24, 2.45) is 0 Å². The van der Waals surface area contributed by atoms with E-state index in [0.29, 0.717) is 44.6 Å². The molecule has 1 aliphatic heterocycles. The van der Waals surface area contributed by atoms with Crippen molar-refractivity contribution in [1.29, 1.82) is 0 Å². The van der Waals surface area contributed by atoms with E-state index in [1.807, 2.05) is 0 Å². The second-order valence-electron chi connectivity index (χ2n) is 9.53. The summed E-state index contributed by atoms with van der Waals surface area (Å²) >= 11 is 0. The van der Waals surface area contributed by atoms with Crippen molar-refractivity contribution in [3.8, 4) is 11.3 Å². The van der Waals surface area contributed by atoms with Crippen LogP contribution in [-0.4, -0.2) is 51.2 Å². The van der Waals surface area contributed by atoms with Crippen LogP contribution in [0.3, 0.4) is 0 Å². The molecule has 43 heavy (non-hydrogen) atoms. The smallest absolute Gasteiger partial charge is 0.480 e. The summed E-state index contributed by atoms with van der Waals surface area (Å²) in [7, 11) is -5.46. The number of sulfone groups is 1. The second-order valence-corrected chi connectivity index (χ2v) is 11.3. The molecule has 0 saturated heterocycles. The fraction of sp³-hybridized carbons (Fsp3) is 0.0690. The number of aromatic nitrogens is 3. The Bertz CT molecular complexity index is 2010. The number of carboxylic acid groups (broad SMARTS) is 1. The molecule has 0 saturated carbocycles. The number of rotatable bonds is 5. The van der Waals surface area contributed by atoms with Crippen molar-refractivity contribution in [3.63, 3.8) is 0 Å². The molecule has 0 unspecified atom stereocenters. The van der Waals surface area contributed by atoms with Gasteiger partial charge in [-0.1, -0.05) is 12.1 Å². The first-order chi connectivity index (χ1) is 20.4. The molecule has 0 fully saturated rings. The van der Waals surface area contributed by atoms with Crippen molar-refractivity contribution < 1.29 is 41.5 Å². The van der Waals surface area contributed by atoms with Crippen molar-refractivity contribution in [2.75, 3.05) is 0 Å². The Hall–Kier alpha value is -4.79. The molecule has 0 aliphatic carbocycles. The van der Waals surface area contributed by atoms with Gasteiger partial charge in [0.1, 0.15) is 24.0 Å². The highest BCUT2D eigenvalue weighted by Crippen LogP contribution is 2.43. The third kappa shape index (κ3) is 5.93. The zero-order valence-electron chi connectivity index (χ0n) is 22.2. The first kappa shape index (κ1) is 29.7. The van der Waals surface area contributed by atoms with E-state index < -0.39 is 40.4 Å². The van der Waals surface area contributed by atoms with Crippen LogP contribution in [0, 0.1) is 24.4 Å². The van der Waals surface area contributed by atoms with E-state index >= 15 is 0 Å². The van der Waals surface area contributed by atoms with Gasteiger partial charge in [0.15, 0.2) is 0 Å². The highest BCUT2D eigenvalue weighted by molar-refractivity contribution is 7.95. The number of hydrogen-bond donors (Lipinski definition) is 3. The van der Waals surface area contributed by atoms with E-state index in [1.165, 1.54) is 47.0 Å². The molecule has 0 bridgehead atoms. The quantitative estimate of drug-likeness (QED) is 0.258. The molecule has 5 aromatic rings. The Morgan fingerprint density at radius 2 is 1.58 bits per heavy atom. The SMILES string of the molecule is Cc1c(C2=CS(=O)(=O)c3cc(-c4ccc(F)cn4)ccc32)c2cc(F)ccc2n1CC(=O)O.OB(O)c1ccc(F)cn1. The van der Waals surface area contributed by atoms with Crippen LogP contribution in [0.15, 0.2) is 83.4 Å². The first-order valence-electron chi connectivity index (χ1n) is 12.6. The minimum absolute atomic E-state index is 0.0430. The summed E-state index contributed by atoms with van der Waals surface area (Å²) in [5.41, 5.74) is 3.20. The van der Waals surface area contributed by atoms with Crippen molar-refractivity contribution in [2.45, 2.75) is 18.4 Å². The summed E-state index contributed by atoms with van der Waals surface area (Å²) in [5, 5.41) is 27.9. The second kappa shape index (κ2) is 11.5. The van der Waals surface area contributed by atoms with E-state index in [9.17, 15) is 31.5 Å². The maximum atomic E-state index is 14.1. The Labute approximate surface area is 243 Å². The number of carbonyl (C=O) groups is 1. The fourth-order valence-electron chi connectivity index (χ4n) is 4.84. The van der Waals surface area contributed by atoms with Gasteiger partial charge in [-0.2, -0.15) is 0 Å². The van der Waals surface area contributed by atoms with Gasteiger partial charge >= 0.3 is 13.1 Å².